The van der Waals surface area contributed by atoms with Crippen LogP contribution in [-0.2, 0) is 9.53 Å². The van der Waals surface area contributed by atoms with Crippen molar-refractivity contribution >= 4 is 46.5 Å². The summed E-state index contributed by atoms with van der Waals surface area (Å²) in [5.74, 6) is -0.143. The zero-order chi connectivity index (χ0) is 25.0. The number of nitrogens with one attached hydrogen (secondary N) is 3. The van der Waals surface area contributed by atoms with Crippen LogP contribution in [0.1, 0.15) is 42.7 Å². The highest BCUT2D eigenvalue weighted by atomic mass is 35.5. The molecule has 1 heterocycles. The Balaban J connectivity index is 2.10. The number of benzene rings is 2. The highest BCUT2D eigenvalue weighted by Crippen LogP contribution is 2.42. The van der Waals surface area contributed by atoms with Gasteiger partial charge in [-0.25, -0.2) is 4.79 Å². The second-order valence-electron chi connectivity index (χ2n) is 7.75. The third kappa shape index (κ3) is 5.43. The summed E-state index contributed by atoms with van der Waals surface area (Å²) in [4.78, 5) is 25.7. The average Bonchev–Trinajstić information content (AvgIpc) is 2.78. The minimum atomic E-state index is -0.708. The van der Waals surface area contributed by atoms with Crippen LogP contribution in [-0.4, -0.2) is 37.3 Å². The van der Waals surface area contributed by atoms with Crippen LogP contribution < -0.4 is 25.4 Å². The summed E-state index contributed by atoms with van der Waals surface area (Å²) in [5.41, 5.74) is 2.00. The maximum Gasteiger partial charge on any atom is 0.339 e. The van der Waals surface area contributed by atoms with Crippen molar-refractivity contribution in [2.75, 3.05) is 19.5 Å². The number of carbonyl (C=O) groups excluding carboxylic acids is 2. The van der Waals surface area contributed by atoms with Gasteiger partial charge in [0.25, 0.3) is 5.91 Å². The monoisotopic (exact) mass is 503 g/mol. The Labute approximate surface area is 208 Å². The maximum atomic E-state index is 13.6. The lowest BCUT2D eigenvalue weighted by atomic mass is 9.93. The summed E-state index contributed by atoms with van der Waals surface area (Å²) in [6.07, 6.45) is -0.170. The summed E-state index contributed by atoms with van der Waals surface area (Å²) in [5, 5.41) is 9.69. The van der Waals surface area contributed by atoms with E-state index in [0.29, 0.717) is 44.2 Å². The molecule has 34 heavy (non-hydrogen) atoms. The number of amides is 1. The molecule has 10 heteroatoms. The van der Waals surface area contributed by atoms with Gasteiger partial charge in [-0.05, 0) is 51.2 Å². The second kappa shape index (κ2) is 10.8. The van der Waals surface area contributed by atoms with Crippen LogP contribution in [0.5, 0.6) is 11.5 Å². The Morgan fingerprint density at radius 2 is 1.88 bits per heavy atom. The molecular formula is C24H26ClN3O5S. The van der Waals surface area contributed by atoms with Crippen molar-refractivity contribution in [3.8, 4) is 11.5 Å². The molecule has 1 amide bonds. The van der Waals surface area contributed by atoms with Gasteiger partial charge in [-0.15, -0.1) is 0 Å². The number of carbonyl (C=O) groups is 2. The first-order valence-electron chi connectivity index (χ1n) is 10.5. The van der Waals surface area contributed by atoms with E-state index in [9.17, 15) is 9.59 Å². The molecule has 0 fully saturated rings. The van der Waals surface area contributed by atoms with Crippen molar-refractivity contribution in [1.29, 1.82) is 0 Å². The Hall–Kier alpha value is -3.30. The van der Waals surface area contributed by atoms with E-state index in [4.69, 9.17) is 38.0 Å². The highest BCUT2D eigenvalue weighted by Gasteiger charge is 2.34. The van der Waals surface area contributed by atoms with Crippen molar-refractivity contribution in [2.45, 2.75) is 32.9 Å². The molecule has 8 nitrogen and oxygen atoms in total. The molecule has 3 rings (SSSR count). The predicted molar refractivity (Wildman–Crippen MR) is 134 cm³/mol. The number of rotatable bonds is 7. The van der Waals surface area contributed by atoms with Gasteiger partial charge in [-0.2, -0.15) is 0 Å². The largest absolute Gasteiger partial charge is 0.493 e. The van der Waals surface area contributed by atoms with Crippen molar-refractivity contribution in [3.05, 3.63) is 63.8 Å². The molecular weight excluding hydrogens is 478 g/mol. The third-order valence-electron chi connectivity index (χ3n) is 5.03. The number of hydrogen-bond acceptors (Lipinski definition) is 6. The number of para-hydroxylation sites is 1. The molecule has 0 saturated heterocycles. The van der Waals surface area contributed by atoms with Crippen LogP contribution in [0.3, 0.4) is 0 Å². The lowest BCUT2D eigenvalue weighted by Crippen LogP contribution is -2.46. The zero-order valence-electron chi connectivity index (χ0n) is 19.4. The summed E-state index contributed by atoms with van der Waals surface area (Å²) in [6.45, 7) is 5.51. The first kappa shape index (κ1) is 25.3. The molecule has 2 aromatic carbocycles. The fourth-order valence-electron chi connectivity index (χ4n) is 3.61. The van der Waals surface area contributed by atoms with Crippen molar-refractivity contribution in [3.63, 3.8) is 0 Å². The first-order valence-corrected chi connectivity index (χ1v) is 11.3. The molecule has 0 radical (unpaired) electrons. The van der Waals surface area contributed by atoms with Crippen molar-refractivity contribution < 1.29 is 23.8 Å². The van der Waals surface area contributed by atoms with E-state index in [1.165, 1.54) is 14.2 Å². The molecule has 2 aromatic rings. The van der Waals surface area contributed by atoms with Gasteiger partial charge in [-0.3, -0.25) is 4.79 Å². The summed E-state index contributed by atoms with van der Waals surface area (Å²) >= 11 is 11.7. The van der Waals surface area contributed by atoms with Gasteiger partial charge in [-0.1, -0.05) is 23.7 Å². The Morgan fingerprint density at radius 1 is 1.18 bits per heavy atom. The Morgan fingerprint density at radius 3 is 2.53 bits per heavy atom. The van der Waals surface area contributed by atoms with Crippen LogP contribution in [0.4, 0.5) is 5.69 Å². The van der Waals surface area contributed by atoms with E-state index in [-0.39, 0.29) is 11.7 Å². The van der Waals surface area contributed by atoms with Gasteiger partial charge >= 0.3 is 5.97 Å². The molecule has 0 spiro atoms. The average molecular weight is 504 g/mol. The van der Waals surface area contributed by atoms with Crippen LogP contribution in [0.25, 0.3) is 0 Å². The minimum absolute atomic E-state index is 0.170. The minimum Gasteiger partial charge on any atom is -0.493 e. The van der Waals surface area contributed by atoms with E-state index in [1.54, 1.807) is 43.3 Å². The SMILES string of the molecule is COC(=O)c1ccccc1NC(=O)C1=C(C)NC(=S)NC1c1cc(Cl)cc(OC)c1OC(C)C. The third-order valence-corrected chi connectivity index (χ3v) is 5.47. The molecule has 1 unspecified atom stereocenters. The fraction of sp³-hybridized carbons (Fsp3) is 0.292. The number of esters is 1. The number of halogens is 1. The zero-order valence-corrected chi connectivity index (χ0v) is 21.0. The van der Waals surface area contributed by atoms with Crippen LogP contribution in [0.15, 0.2) is 47.7 Å². The molecule has 0 bridgehead atoms. The molecule has 1 aliphatic heterocycles. The lowest BCUT2D eigenvalue weighted by molar-refractivity contribution is -0.113. The quantitative estimate of drug-likeness (QED) is 0.379. The van der Waals surface area contributed by atoms with Crippen LogP contribution in [0.2, 0.25) is 5.02 Å². The smallest absolute Gasteiger partial charge is 0.339 e. The standard InChI is InChI=1S/C24H26ClN3O5S/c1-12(2)33-21-16(10-14(25)11-18(21)31-4)20-19(13(3)26-24(34)28-20)22(29)27-17-9-7-6-8-15(17)23(30)32-5/h6-12,20H,1-5H3,(H,27,29)(H2,26,28,34). The van der Waals surface area contributed by atoms with Gasteiger partial charge in [0.05, 0.1) is 43.2 Å². The number of ether oxygens (including phenoxy) is 3. The van der Waals surface area contributed by atoms with E-state index in [0.717, 1.165) is 0 Å². The van der Waals surface area contributed by atoms with Gasteiger partial charge in [0, 0.05) is 22.3 Å². The highest BCUT2D eigenvalue weighted by molar-refractivity contribution is 7.80. The van der Waals surface area contributed by atoms with Crippen molar-refractivity contribution in [1.82, 2.24) is 10.6 Å². The molecule has 1 atom stereocenters. The number of anilines is 1. The lowest BCUT2D eigenvalue weighted by Gasteiger charge is -2.32. The molecule has 0 saturated carbocycles. The van der Waals surface area contributed by atoms with Gasteiger partial charge in [0.1, 0.15) is 0 Å². The molecule has 180 valence electrons. The topological polar surface area (TPSA) is 97.9 Å². The number of thiocarbonyl (C=S) groups is 1. The van der Waals surface area contributed by atoms with Gasteiger partial charge in [0.15, 0.2) is 16.6 Å². The fourth-order valence-corrected chi connectivity index (χ4v) is 4.10. The predicted octanol–water partition coefficient (Wildman–Crippen LogP) is 4.35. The number of hydrogen-bond donors (Lipinski definition) is 3. The van der Waals surface area contributed by atoms with Crippen molar-refractivity contribution in [2.24, 2.45) is 0 Å². The summed E-state index contributed by atoms with van der Waals surface area (Å²) in [6, 6.07) is 9.23. The van der Waals surface area contributed by atoms with E-state index in [2.05, 4.69) is 16.0 Å². The van der Waals surface area contributed by atoms with Gasteiger partial charge < -0.3 is 30.2 Å². The Kier molecular flexibility index (Phi) is 8.01. The molecule has 1 aliphatic rings. The molecule has 0 aliphatic carbocycles. The van der Waals surface area contributed by atoms with Crippen LogP contribution >= 0.6 is 23.8 Å². The first-order chi connectivity index (χ1) is 16.2. The second-order valence-corrected chi connectivity index (χ2v) is 8.60. The van der Waals surface area contributed by atoms with Gasteiger partial charge in [0.2, 0.25) is 0 Å². The Bertz CT molecular complexity index is 1170. The number of allylic oxidation sites excluding steroid dienone is 1. The number of methoxy groups -OCH3 is 2. The van der Waals surface area contributed by atoms with E-state index >= 15 is 0 Å². The molecule has 0 aromatic heterocycles. The van der Waals surface area contributed by atoms with E-state index in [1.807, 2.05) is 13.8 Å². The summed E-state index contributed by atoms with van der Waals surface area (Å²) in [7, 11) is 2.80. The molecule has 3 N–H and O–H groups in total. The van der Waals surface area contributed by atoms with Crippen LogP contribution in [0, 0.1) is 0 Å². The summed E-state index contributed by atoms with van der Waals surface area (Å²) < 4.78 is 16.4. The van der Waals surface area contributed by atoms with E-state index < -0.39 is 17.9 Å². The normalized spacial score (nSPS) is 15.4. The maximum absolute atomic E-state index is 13.6.